The van der Waals surface area contributed by atoms with E-state index >= 15 is 0 Å². The largest absolute Gasteiger partial charge is 0.309 e. The Morgan fingerprint density at radius 2 is 0.899 bits per heavy atom. The molecular formula is C67H48N2. The number of fused-ring (bicyclic) bond motifs is 7. The highest BCUT2D eigenvalue weighted by atomic mass is 15.1. The van der Waals surface area contributed by atoms with E-state index in [0.29, 0.717) is 0 Å². The van der Waals surface area contributed by atoms with Crippen molar-refractivity contribution < 1.29 is 0 Å². The molecule has 0 saturated heterocycles. The van der Waals surface area contributed by atoms with Gasteiger partial charge < -0.3 is 9.47 Å². The maximum atomic E-state index is 2.50. The summed E-state index contributed by atoms with van der Waals surface area (Å²) in [6, 6.07) is 93.8. The first-order chi connectivity index (χ1) is 34.0. The van der Waals surface area contributed by atoms with Crippen molar-refractivity contribution in [3.05, 3.63) is 266 Å². The van der Waals surface area contributed by atoms with Gasteiger partial charge in [-0.2, -0.15) is 0 Å². The second-order valence-electron chi connectivity index (χ2n) is 18.8. The number of nitrogens with zero attached hydrogens (tertiary/aromatic N) is 2. The van der Waals surface area contributed by atoms with Crippen LogP contribution in [0, 0.1) is 0 Å². The van der Waals surface area contributed by atoms with Crippen LogP contribution < -0.4 is 4.90 Å². The van der Waals surface area contributed by atoms with Crippen LogP contribution in [0.5, 0.6) is 0 Å². The molecule has 0 spiro atoms. The Bertz CT molecular complexity index is 3930. The lowest BCUT2D eigenvalue weighted by atomic mass is 9.81. The predicted molar refractivity (Wildman–Crippen MR) is 292 cm³/mol. The zero-order chi connectivity index (χ0) is 46.1. The molecule has 0 aliphatic heterocycles. The van der Waals surface area contributed by atoms with E-state index in [1.807, 2.05) is 0 Å². The van der Waals surface area contributed by atoms with Crippen LogP contribution >= 0.6 is 0 Å². The lowest BCUT2D eigenvalue weighted by molar-refractivity contribution is 0.660. The van der Waals surface area contributed by atoms with E-state index in [-0.39, 0.29) is 5.41 Å². The molecule has 0 unspecified atom stereocenters. The molecule has 69 heavy (non-hydrogen) atoms. The first-order valence-corrected chi connectivity index (χ1v) is 24.0. The monoisotopic (exact) mass is 880 g/mol. The Morgan fingerprint density at radius 3 is 1.71 bits per heavy atom. The first kappa shape index (κ1) is 40.5. The molecular weight excluding hydrogens is 833 g/mol. The fourth-order valence-electron chi connectivity index (χ4n) is 11.3. The van der Waals surface area contributed by atoms with Gasteiger partial charge in [-0.05, 0) is 121 Å². The van der Waals surface area contributed by atoms with Gasteiger partial charge in [0.15, 0.2) is 0 Å². The van der Waals surface area contributed by atoms with Crippen molar-refractivity contribution in [2.24, 2.45) is 0 Å². The molecule has 1 aliphatic rings. The highest BCUT2D eigenvalue weighted by Crippen LogP contribution is 2.52. The third-order valence-electron chi connectivity index (χ3n) is 14.6. The second kappa shape index (κ2) is 16.3. The van der Waals surface area contributed by atoms with Gasteiger partial charge in [-0.15, -0.1) is 0 Å². The zero-order valence-corrected chi connectivity index (χ0v) is 38.6. The van der Waals surface area contributed by atoms with Crippen molar-refractivity contribution in [1.29, 1.82) is 0 Å². The molecule has 0 atom stereocenters. The highest BCUT2D eigenvalue weighted by Gasteiger charge is 2.35. The molecule has 0 fully saturated rings. The van der Waals surface area contributed by atoms with E-state index in [1.165, 1.54) is 82.6 Å². The van der Waals surface area contributed by atoms with Gasteiger partial charge in [0, 0.05) is 38.7 Å². The van der Waals surface area contributed by atoms with E-state index in [2.05, 4.69) is 278 Å². The fourth-order valence-corrected chi connectivity index (χ4v) is 11.3. The predicted octanol–water partition coefficient (Wildman–Crippen LogP) is 18.4. The van der Waals surface area contributed by atoms with Gasteiger partial charge in [-0.1, -0.05) is 214 Å². The molecule has 0 N–H and O–H groups in total. The van der Waals surface area contributed by atoms with Crippen molar-refractivity contribution in [2.45, 2.75) is 19.3 Å². The summed E-state index contributed by atoms with van der Waals surface area (Å²) >= 11 is 0. The third-order valence-corrected chi connectivity index (χ3v) is 14.6. The summed E-state index contributed by atoms with van der Waals surface area (Å²) in [5.74, 6) is 0. The molecule has 2 nitrogen and oxygen atoms in total. The molecule has 0 amide bonds. The van der Waals surface area contributed by atoms with Crippen molar-refractivity contribution in [3.8, 4) is 61.3 Å². The number of rotatable bonds is 8. The average Bonchev–Trinajstić information content (AvgIpc) is 3.86. The average molecular weight is 881 g/mol. The number of hydrogen-bond donors (Lipinski definition) is 0. The van der Waals surface area contributed by atoms with E-state index in [1.54, 1.807) is 0 Å². The number of anilines is 3. The van der Waals surface area contributed by atoms with Crippen LogP contribution in [0.15, 0.2) is 255 Å². The lowest BCUT2D eigenvalue weighted by Crippen LogP contribution is -2.15. The molecule has 0 saturated carbocycles. The maximum absolute atomic E-state index is 2.50. The number of aromatic nitrogens is 1. The second-order valence-corrected chi connectivity index (χ2v) is 18.8. The number of para-hydroxylation sites is 4. The molecule has 13 rings (SSSR count). The molecule has 326 valence electrons. The highest BCUT2D eigenvalue weighted by molar-refractivity contribution is 6.11. The Morgan fingerprint density at radius 1 is 0.333 bits per heavy atom. The molecule has 2 heteroatoms. The molecule has 0 bridgehead atoms. The summed E-state index contributed by atoms with van der Waals surface area (Å²) in [6.07, 6.45) is 0. The number of hydrogen-bond acceptors (Lipinski definition) is 1. The Balaban J connectivity index is 1.04. The summed E-state index contributed by atoms with van der Waals surface area (Å²) in [5, 5.41) is 4.94. The Labute approximate surface area is 403 Å². The van der Waals surface area contributed by atoms with E-state index in [4.69, 9.17) is 0 Å². The minimum Gasteiger partial charge on any atom is -0.309 e. The summed E-state index contributed by atoms with van der Waals surface area (Å²) in [6.45, 7) is 4.73. The molecule has 0 radical (unpaired) electrons. The zero-order valence-electron chi connectivity index (χ0n) is 38.6. The van der Waals surface area contributed by atoms with Crippen molar-refractivity contribution in [2.75, 3.05) is 4.90 Å². The van der Waals surface area contributed by atoms with Gasteiger partial charge in [-0.3, -0.25) is 0 Å². The van der Waals surface area contributed by atoms with E-state index < -0.39 is 0 Å². The SMILES string of the molecule is CC1(C)c2ccccc2-c2ccc(-c3ccccc3N(c3cccc(-c4ccc5c6ccccc6n(-c6ccccc6)c5c4)c3)c3ccccc3-c3cccc4cccc(-c5ccccc5)c34)cc21. The fraction of sp³-hybridized carbons (Fsp3) is 0.0448. The Kier molecular flexibility index (Phi) is 9.55. The van der Waals surface area contributed by atoms with Crippen LogP contribution in [0.25, 0.3) is 93.9 Å². The van der Waals surface area contributed by atoms with Crippen molar-refractivity contribution >= 4 is 49.6 Å². The molecule has 1 heterocycles. The topological polar surface area (TPSA) is 8.17 Å². The third kappa shape index (κ3) is 6.63. The smallest absolute Gasteiger partial charge is 0.0547 e. The molecule has 12 aromatic rings. The quantitative estimate of drug-likeness (QED) is 0.148. The first-order valence-electron chi connectivity index (χ1n) is 24.0. The van der Waals surface area contributed by atoms with Crippen LogP contribution in [0.1, 0.15) is 25.0 Å². The number of benzene rings is 11. The van der Waals surface area contributed by atoms with Gasteiger partial charge in [0.1, 0.15) is 0 Å². The summed E-state index contributed by atoms with van der Waals surface area (Å²) in [4.78, 5) is 2.50. The van der Waals surface area contributed by atoms with Gasteiger partial charge >= 0.3 is 0 Å². The van der Waals surface area contributed by atoms with Crippen LogP contribution in [-0.4, -0.2) is 4.57 Å². The Hall–Kier alpha value is -8.72. The van der Waals surface area contributed by atoms with E-state index in [0.717, 1.165) is 39.4 Å². The van der Waals surface area contributed by atoms with Gasteiger partial charge in [0.05, 0.1) is 22.4 Å². The van der Waals surface area contributed by atoms with Crippen LogP contribution in [0.3, 0.4) is 0 Å². The molecule has 11 aromatic carbocycles. The van der Waals surface area contributed by atoms with E-state index in [9.17, 15) is 0 Å². The standard InChI is InChI=1S/C67H48N2/c1-67(2)60-34-13-9-29-54(60)55-40-39-49(43-61(55)67)52-28-10-14-35-62(52)69(64-37-16-12-31-57(64)59-33-19-23-46-22-18-32-53(66(46)59)45-20-5-3-6-21-45)51-27-17-24-47(42-51)48-38-41-58-56-30-11-15-36-63(56)68(65(58)44-48)50-25-7-4-8-26-50/h3-44H,1-2H3. The maximum Gasteiger partial charge on any atom is 0.0547 e. The minimum absolute atomic E-state index is 0.129. The summed E-state index contributed by atoms with van der Waals surface area (Å²) in [7, 11) is 0. The van der Waals surface area contributed by atoms with Gasteiger partial charge in [0.25, 0.3) is 0 Å². The van der Waals surface area contributed by atoms with Crippen molar-refractivity contribution in [3.63, 3.8) is 0 Å². The van der Waals surface area contributed by atoms with Gasteiger partial charge in [-0.25, -0.2) is 0 Å². The van der Waals surface area contributed by atoms with Gasteiger partial charge in [0.2, 0.25) is 0 Å². The van der Waals surface area contributed by atoms with Crippen LogP contribution in [0.2, 0.25) is 0 Å². The van der Waals surface area contributed by atoms with Crippen molar-refractivity contribution in [1.82, 2.24) is 4.57 Å². The normalized spacial score (nSPS) is 12.6. The minimum atomic E-state index is -0.129. The summed E-state index contributed by atoms with van der Waals surface area (Å²) < 4.78 is 2.40. The molecule has 1 aromatic heterocycles. The lowest BCUT2D eigenvalue weighted by Gasteiger charge is -2.31. The van der Waals surface area contributed by atoms with Crippen LogP contribution in [0.4, 0.5) is 17.1 Å². The molecule has 1 aliphatic carbocycles. The van der Waals surface area contributed by atoms with Crippen LogP contribution in [-0.2, 0) is 5.41 Å². The summed E-state index contributed by atoms with van der Waals surface area (Å²) in [5.41, 5.74) is 21.5.